The van der Waals surface area contributed by atoms with E-state index in [9.17, 15) is 4.39 Å². The molecular weight excluding hydrogens is 263 g/mol. The average Bonchev–Trinajstić information content (AvgIpc) is 2.93. The molecule has 0 saturated heterocycles. The highest BCUT2D eigenvalue weighted by Crippen LogP contribution is 2.33. The lowest BCUT2D eigenvalue weighted by Crippen LogP contribution is -2.36. The minimum absolute atomic E-state index is 0.140. The van der Waals surface area contributed by atoms with Crippen LogP contribution >= 0.6 is 0 Å². The lowest BCUT2D eigenvalue weighted by atomic mass is 10.0. The Kier molecular flexibility index (Phi) is 5.63. The fourth-order valence-corrected chi connectivity index (χ4v) is 3.26. The molecule has 0 radical (unpaired) electrons. The van der Waals surface area contributed by atoms with Gasteiger partial charge in [-0.3, -0.25) is 0 Å². The molecule has 2 rings (SSSR count). The first-order chi connectivity index (χ1) is 9.99. The maximum atomic E-state index is 13.6. The van der Waals surface area contributed by atoms with E-state index in [2.05, 4.69) is 18.7 Å². The Hall–Kier alpha value is -1.09. The zero-order chi connectivity index (χ0) is 15.4. The second-order valence-electron chi connectivity index (χ2n) is 6.81. The first kappa shape index (κ1) is 16.3. The van der Waals surface area contributed by atoms with Crippen molar-refractivity contribution in [2.45, 2.75) is 65.0 Å². The van der Waals surface area contributed by atoms with E-state index < -0.39 is 0 Å². The Morgan fingerprint density at radius 2 is 1.90 bits per heavy atom. The molecule has 2 N–H and O–H groups in total. The van der Waals surface area contributed by atoms with E-state index in [1.54, 1.807) is 12.1 Å². The van der Waals surface area contributed by atoms with Gasteiger partial charge in [0.15, 0.2) is 0 Å². The first-order valence-corrected chi connectivity index (χ1v) is 8.30. The van der Waals surface area contributed by atoms with Gasteiger partial charge in [0.2, 0.25) is 0 Å². The zero-order valence-corrected chi connectivity index (χ0v) is 13.6. The Bertz CT molecular complexity index is 451. The van der Waals surface area contributed by atoms with E-state index in [-0.39, 0.29) is 11.9 Å². The number of nitrogens with zero attached hydrogens (tertiary/aromatic N) is 1. The molecule has 1 saturated carbocycles. The summed E-state index contributed by atoms with van der Waals surface area (Å²) in [5.41, 5.74) is 8.16. The molecule has 1 aromatic rings. The molecule has 118 valence electrons. The van der Waals surface area contributed by atoms with Gasteiger partial charge in [0, 0.05) is 24.3 Å². The SMILES string of the molecule is CC(C)CCN(c1ccc(F)cc1C(C)N)C1CCCC1. The fraction of sp³-hybridized carbons (Fsp3) is 0.667. The van der Waals surface area contributed by atoms with E-state index in [1.165, 1.54) is 25.7 Å². The molecule has 1 aliphatic rings. The highest BCUT2D eigenvalue weighted by molar-refractivity contribution is 5.56. The van der Waals surface area contributed by atoms with Crippen LogP contribution in [0.4, 0.5) is 10.1 Å². The van der Waals surface area contributed by atoms with Crippen LogP contribution in [0.5, 0.6) is 0 Å². The summed E-state index contributed by atoms with van der Waals surface area (Å²) in [6.45, 7) is 7.48. The number of rotatable bonds is 6. The number of nitrogens with two attached hydrogens (primary N) is 1. The largest absolute Gasteiger partial charge is 0.368 e. The van der Waals surface area contributed by atoms with Crippen LogP contribution in [0.15, 0.2) is 18.2 Å². The van der Waals surface area contributed by atoms with Crippen LogP contribution in [0, 0.1) is 11.7 Å². The first-order valence-electron chi connectivity index (χ1n) is 8.30. The van der Waals surface area contributed by atoms with Crippen LogP contribution in [0.25, 0.3) is 0 Å². The number of anilines is 1. The Labute approximate surface area is 128 Å². The third-order valence-corrected chi connectivity index (χ3v) is 4.50. The molecule has 0 heterocycles. The maximum absolute atomic E-state index is 13.6. The van der Waals surface area contributed by atoms with Crippen molar-refractivity contribution in [2.24, 2.45) is 11.7 Å². The molecule has 1 atom stereocenters. The second kappa shape index (κ2) is 7.26. The molecule has 1 aliphatic carbocycles. The third kappa shape index (κ3) is 4.19. The predicted molar refractivity (Wildman–Crippen MR) is 88.1 cm³/mol. The smallest absolute Gasteiger partial charge is 0.123 e. The van der Waals surface area contributed by atoms with Crippen LogP contribution in [0.2, 0.25) is 0 Å². The van der Waals surface area contributed by atoms with Gasteiger partial charge >= 0.3 is 0 Å². The molecule has 2 nitrogen and oxygen atoms in total. The van der Waals surface area contributed by atoms with Crippen LogP contribution in [0.1, 0.15) is 64.5 Å². The van der Waals surface area contributed by atoms with E-state index in [1.807, 2.05) is 13.0 Å². The molecule has 0 amide bonds. The molecule has 3 heteroatoms. The Balaban J connectivity index is 2.30. The zero-order valence-electron chi connectivity index (χ0n) is 13.6. The van der Waals surface area contributed by atoms with Crippen molar-refractivity contribution in [2.75, 3.05) is 11.4 Å². The van der Waals surface area contributed by atoms with Crippen molar-refractivity contribution >= 4 is 5.69 Å². The van der Waals surface area contributed by atoms with E-state index in [0.29, 0.717) is 12.0 Å². The summed E-state index contributed by atoms with van der Waals surface area (Å²) >= 11 is 0. The van der Waals surface area contributed by atoms with Gasteiger partial charge in [-0.25, -0.2) is 4.39 Å². The summed E-state index contributed by atoms with van der Waals surface area (Å²) in [5.74, 6) is 0.481. The van der Waals surface area contributed by atoms with Gasteiger partial charge in [-0.1, -0.05) is 26.7 Å². The van der Waals surface area contributed by atoms with E-state index >= 15 is 0 Å². The summed E-state index contributed by atoms with van der Waals surface area (Å²) in [6, 6.07) is 5.55. The van der Waals surface area contributed by atoms with Gasteiger partial charge in [-0.05, 0) is 55.9 Å². The van der Waals surface area contributed by atoms with Gasteiger partial charge in [-0.15, -0.1) is 0 Å². The molecule has 1 unspecified atom stereocenters. The van der Waals surface area contributed by atoms with Crippen molar-refractivity contribution in [3.05, 3.63) is 29.6 Å². The number of hydrogen-bond acceptors (Lipinski definition) is 2. The lowest BCUT2D eigenvalue weighted by Gasteiger charge is -2.34. The van der Waals surface area contributed by atoms with Crippen molar-refractivity contribution in [1.82, 2.24) is 0 Å². The molecule has 0 aromatic heterocycles. The van der Waals surface area contributed by atoms with Gasteiger partial charge in [0.05, 0.1) is 0 Å². The highest BCUT2D eigenvalue weighted by Gasteiger charge is 2.25. The predicted octanol–water partition coefficient (Wildman–Crippen LogP) is 4.64. The van der Waals surface area contributed by atoms with Crippen molar-refractivity contribution in [1.29, 1.82) is 0 Å². The standard InChI is InChI=1S/C18H29FN2/c1-13(2)10-11-21(16-6-4-5-7-16)18-9-8-15(19)12-17(18)14(3)20/h8-9,12-14,16H,4-7,10-11,20H2,1-3H3. The van der Waals surface area contributed by atoms with Crippen molar-refractivity contribution < 1.29 is 4.39 Å². The van der Waals surface area contributed by atoms with Crippen LogP contribution in [0.3, 0.4) is 0 Å². The molecule has 1 fully saturated rings. The molecule has 0 aliphatic heterocycles. The third-order valence-electron chi connectivity index (χ3n) is 4.50. The van der Waals surface area contributed by atoms with E-state index in [0.717, 1.165) is 24.2 Å². The average molecular weight is 292 g/mol. The minimum Gasteiger partial charge on any atom is -0.368 e. The van der Waals surface area contributed by atoms with Crippen LogP contribution in [-0.2, 0) is 0 Å². The van der Waals surface area contributed by atoms with Gasteiger partial charge in [0.25, 0.3) is 0 Å². The van der Waals surface area contributed by atoms with E-state index in [4.69, 9.17) is 5.73 Å². The highest BCUT2D eigenvalue weighted by atomic mass is 19.1. The summed E-state index contributed by atoms with van der Waals surface area (Å²) in [5, 5.41) is 0. The molecule has 21 heavy (non-hydrogen) atoms. The Morgan fingerprint density at radius 3 is 2.48 bits per heavy atom. The minimum atomic E-state index is -0.193. The van der Waals surface area contributed by atoms with Crippen LogP contribution in [-0.4, -0.2) is 12.6 Å². The topological polar surface area (TPSA) is 29.3 Å². The summed E-state index contributed by atoms with van der Waals surface area (Å²) < 4.78 is 13.6. The Morgan fingerprint density at radius 1 is 1.24 bits per heavy atom. The second-order valence-corrected chi connectivity index (χ2v) is 6.81. The summed E-state index contributed by atoms with van der Waals surface area (Å²) in [4.78, 5) is 2.49. The van der Waals surface area contributed by atoms with Crippen molar-refractivity contribution in [3.63, 3.8) is 0 Å². The summed E-state index contributed by atoms with van der Waals surface area (Å²) in [7, 11) is 0. The normalized spacial score (nSPS) is 17.4. The quantitative estimate of drug-likeness (QED) is 0.827. The lowest BCUT2D eigenvalue weighted by molar-refractivity contribution is 0.525. The molecule has 1 aromatic carbocycles. The monoisotopic (exact) mass is 292 g/mol. The molecule has 0 spiro atoms. The maximum Gasteiger partial charge on any atom is 0.123 e. The van der Waals surface area contributed by atoms with Gasteiger partial charge in [0.1, 0.15) is 5.82 Å². The van der Waals surface area contributed by atoms with Crippen molar-refractivity contribution in [3.8, 4) is 0 Å². The van der Waals surface area contributed by atoms with Gasteiger partial charge in [-0.2, -0.15) is 0 Å². The molecular formula is C18H29FN2. The van der Waals surface area contributed by atoms with Crippen LogP contribution < -0.4 is 10.6 Å². The number of hydrogen-bond donors (Lipinski definition) is 1. The fourth-order valence-electron chi connectivity index (χ4n) is 3.26. The summed E-state index contributed by atoms with van der Waals surface area (Å²) in [6.07, 6.45) is 6.25. The number of halogens is 1. The molecule has 0 bridgehead atoms. The van der Waals surface area contributed by atoms with Gasteiger partial charge < -0.3 is 10.6 Å². The number of benzene rings is 1.